The molecule has 3 N–H and O–H groups in total. The molecular formula is C21H28N8. The van der Waals surface area contributed by atoms with Gasteiger partial charge < -0.3 is 16.0 Å². The van der Waals surface area contributed by atoms with Crippen LogP contribution in [-0.4, -0.2) is 51.9 Å². The first kappa shape index (κ1) is 19.2. The van der Waals surface area contributed by atoms with Gasteiger partial charge in [0.1, 0.15) is 12.1 Å². The highest BCUT2D eigenvalue weighted by Gasteiger charge is 2.43. The Kier molecular flexibility index (Phi) is 5.59. The topological polar surface area (TPSA) is 92.1 Å². The number of hydrogen-bond acceptors (Lipinski definition) is 5. The summed E-state index contributed by atoms with van der Waals surface area (Å²) in [5.74, 6) is 1.65. The van der Waals surface area contributed by atoms with E-state index in [0.29, 0.717) is 0 Å². The van der Waals surface area contributed by atoms with Gasteiger partial charge in [-0.15, -0.1) is 0 Å². The summed E-state index contributed by atoms with van der Waals surface area (Å²) >= 11 is 0. The highest BCUT2D eigenvalue weighted by Crippen LogP contribution is 2.48. The number of nitrogens with zero attached hydrogens (tertiary/aromatic N) is 5. The predicted molar refractivity (Wildman–Crippen MR) is 116 cm³/mol. The number of aromatic nitrogens is 4. The summed E-state index contributed by atoms with van der Waals surface area (Å²) < 4.78 is 1.75. The van der Waals surface area contributed by atoms with Crippen molar-refractivity contribution in [1.82, 2.24) is 30.4 Å². The zero-order valence-corrected chi connectivity index (χ0v) is 17.0. The Labute approximate surface area is 170 Å². The van der Waals surface area contributed by atoms with Crippen LogP contribution in [0.2, 0.25) is 0 Å². The monoisotopic (exact) mass is 392 g/mol. The minimum atomic E-state index is 0.217. The lowest BCUT2D eigenvalue weighted by atomic mass is 9.96. The van der Waals surface area contributed by atoms with E-state index in [1.54, 1.807) is 17.2 Å². The lowest BCUT2D eigenvalue weighted by Crippen LogP contribution is -2.40. The lowest BCUT2D eigenvalue weighted by molar-refractivity contribution is 0.693. The molecule has 1 aromatic carbocycles. The standard InChI is InChI=1S/C21H28N8/c1-3-22-20(25-14-21(9-10-21)16-7-5-4-6-8-16)24-12-11-23-18-17-13-28-29(2)19(17)27-15-26-18/h4-8,13,15H,3,9-12,14H2,1-2H3,(H2,22,24,25)(H,23,26,27). The zero-order chi connectivity index (χ0) is 20.1. The van der Waals surface area contributed by atoms with E-state index in [1.165, 1.54) is 18.4 Å². The minimum absolute atomic E-state index is 0.217. The Morgan fingerprint density at radius 1 is 1.14 bits per heavy atom. The Bertz CT molecular complexity index is 975. The van der Waals surface area contributed by atoms with Gasteiger partial charge in [0.2, 0.25) is 0 Å². The summed E-state index contributed by atoms with van der Waals surface area (Å²) in [6.45, 7) is 5.17. The van der Waals surface area contributed by atoms with Crippen LogP contribution in [0, 0.1) is 0 Å². The average Bonchev–Trinajstić information content (AvgIpc) is 3.46. The number of anilines is 1. The number of aliphatic imine (C=N–C) groups is 1. The van der Waals surface area contributed by atoms with Crippen LogP contribution >= 0.6 is 0 Å². The van der Waals surface area contributed by atoms with Gasteiger partial charge in [-0.05, 0) is 25.3 Å². The molecule has 3 aromatic rings. The fourth-order valence-electron chi connectivity index (χ4n) is 3.52. The number of aryl methyl sites for hydroxylation is 1. The number of fused-ring (bicyclic) bond motifs is 1. The Hall–Kier alpha value is -3.16. The SMILES string of the molecule is CCNC(=NCC1(c2ccccc2)CC1)NCCNc1ncnc2c1cnn2C. The molecule has 8 nitrogen and oxygen atoms in total. The molecule has 1 saturated carbocycles. The fourth-order valence-corrected chi connectivity index (χ4v) is 3.52. The molecule has 1 aliphatic carbocycles. The molecule has 0 spiro atoms. The van der Waals surface area contributed by atoms with E-state index in [4.69, 9.17) is 4.99 Å². The molecule has 0 unspecified atom stereocenters. The zero-order valence-electron chi connectivity index (χ0n) is 17.0. The van der Waals surface area contributed by atoms with E-state index in [9.17, 15) is 0 Å². The molecule has 1 fully saturated rings. The van der Waals surface area contributed by atoms with Crippen molar-refractivity contribution in [2.75, 3.05) is 31.5 Å². The van der Waals surface area contributed by atoms with Gasteiger partial charge in [0.15, 0.2) is 11.6 Å². The lowest BCUT2D eigenvalue weighted by Gasteiger charge is -2.16. The molecule has 0 radical (unpaired) electrons. The molecule has 1 aliphatic rings. The molecule has 29 heavy (non-hydrogen) atoms. The maximum absolute atomic E-state index is 4.85. The summed E-state index contributed by atoms with van der Waals surface area (Å²) in [4.78, 5) is 13.4. The van der Waals surface area contributed by atoms with Crippen molar-refractivity contribution in [1.29, 1.82) is 0 Å². The van der Waals surface area contributed by atoms with E-state index >= 15 is 0 Å². The van der Waals surface area contributed by atoms with E-state index in [1.807, 2.05) is 7.05 Å². The molecule has 152 valence electrons. The number of guanidine groups is 1. The van der Waals surface area contributed by atoms with Crippen LogP contribution in [0.4, 0.5) is 5.82 Å². The van der Waals surface area contributed by atoms with Crippen LogP contribution in [-0.2, 0) is 12.5 Å². The van der Waals surface area contributed by atoms with Gasteiger partial charge in [-0.1, -0.05) is 30.3 Å². The molecule has 8 heteroatoms. The van der Waals surface area contributed by atoms with Gasteiger partial charge in [0.05, 0.1) is 18.1 Å². The van der Waals surface area contributed by atoms with Crippen molar-refractivity contribution in [3.63, 3.8) is 0 Å². The van der Waals surface area contributed by atoms with Gasteiger partial charge in [-0.3, -0.25) is 9.67 Å². The van der Waals surface area contributed by atoms with Gasteiger partial charge >= 0.3 is 0 Å². The third-order valence-electron chi connectivity index (χ3n) is 5.36. The maximum atomic E-state index is 4.85. The summed E-state index contributed by atoms with van der Waals surface area (Å²) in [6.07, 6.45) is 5.76. The van der Waals surface area contributed by atoms with E-state index in [-0.39, 0.29) is 5.41 Å². The number of rotatable bonds is 8. The highest BCUT2D eigenvalue weighted by molar-refractivity contribution is 5.86. The third kappa shape index (κ3) is 4.31. The Balaban J connectivity index is 1.32. The first-order chi connectivity index (χ1) is 14.2. The second-order valence-corrected chi connectivity index (χ2v) is 7.42. The second-order valence-electron chi connectivity index (χ2n) is 7.42. The van der Waals surface area contributed by atoms with Gasteiger partial charge in [-0.25, -0.2) is 9.97 Å². The Morgan fingerprint density at radius 3 is 2.72 bits per heavy atom. The second kappa shape index (κ2) is 8.46. The quantitative estimate of drug-likeness (QED) is 0.309. The van der Waals surface area contributed by atoms with Crippen LogP contribution in [0.5, 0.6) is 0 Å². The van der Waals surface area contributed by atoms with Crippen molar-refractivity contribution in [3.8, 4) is 0 Å². The first-order valence-corrected chi connectivity index (χ1v) is 10.2. The molecule has 2 aromatic heterocycles. The molecule has 0 amide bonds. The average molecular weight is 393 g/mol. The fraction of sp³-hybridized carbons (Fsp3) is 0.429. The number of benzene rings is 1. The van der Waals surface area contributed by atoms with Crippen LogP contribution in [0.3, 0.4) is 0 Å². The minimum Gasteiger partial charge on any atom is -0.368 e. The largest absolute Gasteiger partial charge is 0.368 e. The van der Waals surface area contributed by atoms with Gasteiger partial charge in [0.25, 0.3) is 0 Å². The van der Waals surface area contributed by atoms with Crippen LogP contribution in [0.25, 0.3) is 11.0 Å². The maximum Gasteiger partial charge on any atom is 0.191 e. The van der Waals surface area contributed by atoms with Crippen molar-refractivity contribution >= 4 is 22.8 Å². The first-order valence-electron chi connectivity index (χ1n) is 10.2. The van der Waals surface area contributed by atoms with Gasteiger partial charge in [0, 0.05) is 32.1 Å². The molecule has 2 heterocycles. The molecule has 0 saturated heterocycles. The molecule has 0 aliphatic heterocycles. The number of nitrogens with one attached hydrogen (secondary N) is 3. The van der Waals surface area contributed by atoms with E-state index < -0.39 is 0 Å². The van der Waals surface area contributed by atoms with Crippen LogP contribution in [0.1, 0.15) is 25.3 Å². The molecular weight excluding hydrogens is 364 g/mol. The Morgan fingerprint density at radius 2 is 1.97 bits per heavy atom. The molecule has 4 rings (SSSR count). The molecule has 0 atom stereocenters. The van der Waals surface area contributed by atoms with E-state index in [2.05, 4.69) is 68.3 Å². The van der Waals surface area contributed by atoms with E-state index in [0.717, 1.165) is 49.0 Å². The van der Waals surface area contributed by atoms with Gasteiger partial charge in [-0.2, -0.15) is 5.10 Å². The predicted octanol–water partition coefficient (Wildman–Crippen LogP) is 2.06. The summed E-state index contributed by atoms with van der Waals surface area (Å²) in [5.41, 5.74) is 2.43. The van der Waals surface area contributed by atoms with Crippen molar-refractivity contribution in [2.24, 2.45) is 12.0 Å². The smallest absolute Gasteiger partial charge is 0.191 e. The number of hydrogen-bond donors (Lipinski definition) is 3. The highest BCUT2D eigenvalue weighted by atomic mass is 15.3. The van der Waals surface area contributed by atoms with Crippen LogP contribution < -0.4 is 16.0 Å². The third-order valence-corrected chi connectivity index (χ3v) is 5.36. The molecule has 0 bridgehead atoms. The summed E-state index contributed by atoms with van der Waals surface area (Å²) in [6, 6.07) is 10.7. The summed E-state index contributed by atoms with van der Waals surface area (Å²) in [7, 11) is 1.88. The summed E-state index contributed by atoms with van der Waals surface area (Å²) in [5, 5.41) is 15.3. The normalized spacial score (nSPS) is 15.3. The van der Waals surface area contributed by atoms with Crippen molar-refractivity contribution in [2.45, 2.75) is 25.2 Å². The van der Waals surface area contributed by atoms with Crippen LogP contribution in [0.15, 0.2) is 47.8 Å². The van der Waals surface area contributed by atoms with Crippen molar-refractivity contribution < 1.29 is 0 Å². The van der Waals surface area contributed by atoms with Crippen molar-refractivity contribution in [3.05, 3.63) is 48.4 Å².